The van der Waals surface area contributed by atoms with Crippen LogP contribution in [0.25, 0.3) is 0 Å². The first-order chi connectivity index (χ1) is 11.8. The van der Waals surface area contributed by atoms with Crippen LogP contribution in [0.1, 0.15) is 39.2 Å². The van der Waals surface area contributed by atoms with Crippen LogP contribution in [0.15, 0.2) is 30.3 Å². The minimum atomic E-state index is -0.749. The number of nitrogens with one attached hydrogen (secondary N) is 2. The molecule has 0 heterocycles. The molecule has 1 aromatic rings. The summed E-state index contributed by atoms with van der Waals surface area (Å²) >= 11 is 0. The predicted molar refractivity (Wildman–Crippen MR) is 95.8 cm³/mol. The molecule has 0 spiro atoms. The van der Waals surface area contributed by atoms with E-state index in [9.17, 15) is 14.4 Å². The molecule has 6 heteroatoms. The lowest BCUT2D eigenvalue weighted by molar-refractivity contribution is -0.145. The van der Waals surface area contributed by atoms with E-state index in [2.05, 4.69) is 10.6 Å². The van der Waals surface area contributed by atoms with Crippen molar-refractivity contribution in [1.82, 2.24) is 10.6 Å². The van der Waals surface area contributed by atoms with Gasteiger partial charge in [-0.2, -0.15) is 0 Å². The van der Waals surface area contributed by atoms with Crippen LogP contribution >= 0.6 is 0 Å². The van der Waals surface area contributed by atoms with E-state index in [4.69, 9.17) is 4.74 Å². The summed E-state index contributed by atoms with van der Waals surface area (Å²) in [5.41, 5.74) is 1.08. The Kier molecular flexibility index (Phi) is 8.67. The molecule has 0 aliphatic rings. The molecule has 1 aromatic carbocycles. The molecule has 0 fully saturated rings. The summed E-state index contributed by atoms with van der Waals surface area (Å²) in [5, 5.41) is 5.36. The van der Waals surface area contributed by atoms with Crippen molar-refractivity contribution in [1.29, 1.82) is 0 Å². The maximum absolute atomic E-state index is 12.5. The zero-order chi connectivity index (χ0) is 18.8. The first kappa shape index (κ1) is 20.7. The molecule has 0 aliphatic carbocycles. The summed E-state index contributed by atoms with van der Waals surface area (Å²) in [6, 6.07) is 8.30. The van der Waals surface area contributed by atoms with Crippen molar-refractivity contribution in [3.8, 4) is 0 Å². The Labute approximate surface area is 149 Å². The Morgan fingerprint density at radius 3 is 2.20 bits per heavy atom. The van der Waals surface area contributed by atoms with E-state index < -0.39 is 18.1 Å². The third-order valence-electron chi connectivity index (χ3n) is 3.77. The lowest BCUT2D eigenvalue weighted by Crippen LogP contribution is -2.52. The summed E-state index contributed by atoms with van der Waals surface area (Å²) in [6.07, 6.45) is 1.56. The maximum atomic E-state index is 12.5. The average Bonchev–Trinajstić information content (AvgIpc) is 2.57. The summed E-state index contributed by atoms with van der Waals surface area (Å²) in [5.74, 6) is -0.911. The minimum absolute atomic E-state index is 0.225. The van der Waals surface area contributed by atoms with Gasteiger partial charge in [0.05, 0.1) is 7.11 Å². The smallest absolute Gasteiger partial charge is 0.328 e. The fourth-order valence-corrected chi connectivity index (χ4v) is 2.57. The van der Waals surface area contributed by atoms with Gasteiger partial charge in [-0.3, -0.25) is 9.59 Å². The summed E-state index contributed by atoms with van der Waals surface area (Å²) in [6.45, 7) is 5.30. The highest BCUT2D eigenvalue weighted by atomic mass is 16.5. The van der Waals surface area contributed by atoms with Gasteiger partial charge in [-0.15, -0.1) is 0 Å². The van der Waals surface area contributed by atoms with E-state index in [0.29, 0.717) is 19.3 Å². The Balaban J connectivity index is 2.75. The Morgan fingerprint density at radius 2 is 1.68 bits per heavy atom. The van der Waals surface area contributed by atoms with Crippen molar-refractivity contribution >= 4 is 17.8 Å². The van der Waals surface area contributed by atoms with Crippen molar-refractivity contribution in [2.24, 2.45) is 5.92 Å². The number of aryl methyl sites for hydroxylation is 1. The van der Waals surface area contributed by atoms with Crippen LogP contribution in [0.3, 0.4) is 0 Å². The van der Waals surface area contributed by atoms with Gasteiger partial charge in [-0.05, 0) is 30.7 Å². The zero-order valence-corrected chi connectivity index (χ0v) is 15.4. The molecule has 1 rings (SSSR count). The average molecular weight is 348 g/mol. The van der Waals surface area contributed by atoms with Crippen molar-refractivity contribution in [3.63, 3.8) is 0 Å². The molecule has 6 nitrogen and oxygen atoms in total. The second-order valence-corrected chi connectivity index (χ2v) is 6.49. The number of ether oxygens (including phenoxy) is 1. The predicted octanol–water partition coefficient (Wildman–Crippen LogP) is 1.83. The second-order valence-electron chi connectivity index (χ2n) is 6.49. The topological polar surface area (TPSA) is 84.5 Å². The van der Waals surface area contributed by atoms with E-state index >= 15 is 0 Å². The molecule has 2 atom stereocenters. The third kappa shape index (κ3) is 7.83. The fraction of sp³-hybridized carbons (Fsp3) is 0.526. The standard InChI is InChI=1S/C19H28N2O4/c1-13(2)12-17(20-14(3)22)18(23)21-16(19(24)25-4)11-10-15-8-6-5-7-9-15/h5-9,13,16-17H,10-12H2,1-4H3,(H,20,22)(H,21,23)/t16-,17+/m1/s1. The lowest BCUT2D eigenvalue weighted by atomic mass is 10.0. The second kappa shape index (κ2) is 10.5. The molecule has 2 amide bonds. The monoisotopic (exact) mass is 348 g/mol. The van der Waals surface area contributed by atoms with Gasteiger partial charge in [0.2, 0.25) is 11.8 Å². The Hall–Kier alpha value is -2.37. The molecule has 0 bridgehead atoms. The van der Waals surface area contributed by atoms with Crippen LogP contribution in [0, 0.1) is 5.92 Å². The third-order valence-corrected chi connectivity index (χ3v) is 3.77. The minimum Gasteiger partial charge on any atom is -0.467 e. The van der Waals surface area contributed by atoms with Crippen molar-refractivity contribution in [2.75, 3.05) is 7.11 Å². The number of carbonyl (C=O) groups excluding carboxylic acids is 3. The van der Waals surface area contributed by atoms with Crippen LogP contribution in [0.2, 0.25) is 0 Å². The molecule has 2 N–H and O–H groups in total. The van der Waals surface area contributed by atoms with Crippen LogP contribution < -0.4 is 10.6 Å². The molecule has 138 valence electrons. The van der Waals surface area contributed by atoms with Gasteiger partial charge < -0.3 is 15.4 Å². The summed E-state index contributed by atoms with van der Waals surface area (Å²) in [7, 11) is 1.30. The van der Waals surface area contributed by atoms with Crippen molar-refractivity contribution in [2.45, 2.75) is 52.1 Å². The molecule has 0 saturated heterocycles. The fourth-order valence-electron chi connectivity index (χ4n) is 2.57. The number of hydrogen-bond donors (Lipinski definition) is 2. The molecule has 0 aliphatic heterocycles. The largest absolute Gasteiger partial charge is 0.467 e. The number of esters is 1. The number of methoxy groups -OCH3 is 1. The normalized spacial score (nSPS) is 13.0. The van der Waals surface area contributed by atoms with Gasteiger partial charge in [0.25, 0.3) is 0 Å². The highest BCUT2D eigenvalue weighted by Gasteiger charge is 2.27. The van der Waals surface area contributed by atoms with Gasteiger partial charge in [0, 0.05) is 6.92 Å². The number of carbonyl (C=O) groups is 3. The van der Waals surface area contributed by atoms with E-state index in [-0.39, 0.29) is 17.7 Å². The lowest BCUT2D eigenvalue weighted by Gasteiger charge is -2.23. The molecular weight excluding hydrogens is 320 g/mol. The highest BCUT2D eigenvalue weighted by Crippen LogP contribution is 2.09. The van der Waals surface area contributed by atoms with Gasteiger partial charge in [-0.25, -0.2) is 4.79 Å². The van der Waals surface area contributed by atoms with E-state index in [1.54, 1.807) is 0 Å². The highest BCUT2D eigenvalue weighted by molar-refractivity contribution is 5.90. The summed E-state index contributed by atoms with van der Waals surface area (Å²) < 4.78 is 4.80. The van der Waals surface area contributed by atoms with E-state index in [0.717, 1.165) is 5.56 Å². The van der Waals surface area contributed by atoms with E-state index in [1.165, 1.54) is 14.0 Å². The maximum Gasteiger partial charge on any atom is 0.328 e. The van der Waals surface area contributed by atoms with Crippen LogP contribution in [-0.2, 0) is 25.5 Å². The van der Waals surface area contributed by atoms with Crippen LogP contribution in [0.5, 0.6) is 0 Å². The number of hydrogen-bond acceptors (Lipinski definition) is 4. The molecule has 0 unspecified atom stereocenters. The van der Waals surface area contributed by atoms with E-state index in [1.807, 2.05) is 44.2 Å². The van der Waals surface area contributed by atoms with Gasteiger partial charge >= 0.3 is 5.97 Å². The zero-order valence-electron chi connectivity index (χ0n) is 15.4. The van der Waals surface area contributed by atoms with Gasteiger partial charge in [0.15, 0.2) is 0 Å². The molecule has 25 heavy (non-hydrogen) atoms. The van der Waals surface area contributed by atoms with Crippen LogP contribution in [-0.4, -0.2) is 37.0 Å². The first-order valence-corrected chi connectivity index (χ1v) is 8.52. The number of rotatable bonds is 9. The SMILES string of the molecule is COC(=O)[C@@H](CCc1ccccc1)NC(=O)[C@H](CC(C)C)NC(C)=O. The molecule has 0 radical (unpaired) electrons. The van der Waals surface area contributed by atoms with Crippen LogP contribution in [0.4, 0.5) is 0 Å². The molecular formula is C19H28N2O4. The molecule has 0 saturated carbocycles. The first-order valence-electron chi connectivity index (χ1n) is 8.52. The number of amides is 2. The van der Waals surface area contributed by atoms with Gasteiger partial charge in [0.1, 0.15) is 12.1 Å². The Bertz CT molecular complexity index is 572. The quantitative estimate of drug-likeness (QED) is 0.667. The van der Waals surface area contributed by atoms with Crippen molar-refractivity contribution < 1.29 is 19.1 Å². The Morgan fingerprint density at radius 1 is 1.04 bits per heavy atom. The molecule has 0 aromatic heterocycles. The van der Waals surface area contributed by atoms with Crippen molar-refractivity contribution in [3.05, 3.63) is 35.9 Å². The summed E-state index contributed by atoms with van der Waals surface area (Å²) in [4.78, 5) is 35.9. The number of benzene rings is 1. The van der Waals surface area contributed by atoms with Gasteiger partial charge in [-0.1, -0.05) is 44.2 Å².